The Hall–Kier alpha value is -5.43. The monoisotopic (exact) mass is 690 g/mol. The first-order valence-electron chi connectivity index (χ1n) is 16.4. The van der Waals surface area contributed by atoms with E-state index in [2.05, 4.69) is 83.3 Å². The van der Waals surface area contributed by atoms with Gasteiger partial charge in [-0.3, -0.25) is 14.8 Å². The molecular weight excluding hydrogens is 648 g/mol. The van der Waals surface area contributed by atoms with Gasteiger partial charge in [0.15, 0.2) is 0 Å². The minimum Gasteiger partial charge on any atom is -0.492 e. The van der Waals surface area contributed by atoms with Gasteiger partial charge in [0.1, 0.15) is 24.2 Å². The largest absolute Gasteiger partial charge is 0.492 e. The van der Waals surface area contributed by atoms with E-state index in [0.717, 1.165) is 5.69 Å². The number of fused-ring (bicyclic) bond motifs is 1. The van der Waals surface area contributed by atoms with Crippen LogP contribution in [0, 0.1) is 25.2 Å². The standard InChI is InChI=1S/C27H22ClN5O3.C8H10.C5H11N/c1-3-26(34)33-23-12-20-22(13-25(23)35-4-2)31-15-17(14-29)27(20)32-18-8-9-24(21(28)11-18)36-16-19-7-5-6-10-30-19;1-7-3-5-8(2)6-4-7;1-6-4-2-3-5-6/h3,5-13,15H,1,4,16H2,2H3,(H,31,32)(H,33,34);3-6H,1-2H3;2-5H2,1H3. The summed E-state index contributed by atoms with van der Waals surface area (Å²) in [6.45, 7) is 12.8. The number of rotatable bonds is 9. The summed E-state index contributed by atoms with van der Waals surface area (Å²) in [6.07, 6.45) is 7.18. The molecule has 6 rings (SSSR count). The molecule has 2 aromatic heterocycles. The number of hydrogen-bond donors (Lipinski definition) is 2. The highest BCUT2D eigenvalue weighted by molar-refractivity contribution is 6.32. The second-order valence-electron chi connectivity index (χ2n) is 11.7. The molecule has 50 heavy (non-hydrogen) atoms. The van der Waals surface area contributed by atoms with Crippen LogP contribution in [0.15, 0.2) is 97.8 Å². The van der Waals surface area contributed by atoms with Crippen LogP contribution in [0.5, 0.6) is 11.5 Å². The summed E-state index contributed by atoms with van der Waals surface area (Å²) in [7, 11) is 2.17. The minimum absolute atomic E-state index is 0.280. The highest BCUT2D eigenvalue weighted by Crippen LogP contribution is 2.37. The van der Waals surface area contributed by atoms with Gasteiger partial charge in [0.2, 0.25) is 5.91 Å². The van der Waals surface area contributed by atoms with Crippen LogP contribution < -0.4 is 20.1 Å². The van der Waals surface area contributed by atoms with Crippen LogP contribution in [0.25, 0.3) is 10.9 Å². The zero-order valence-corrected chi connectivity index (χ0v) is 29.8. The van der Waals surface area contributed by atoms with Crippen molar-refractivity contribution in [1.29, 1.82) is 5.26 Å². The Kier molecular flexibility index (Phi) is 14.2. The first kappa shape index (κ1) is 37.4. The molecule has 1 aliphatic rings. The lowest BCUT2D eigenvalue weighted by molar-refractivity contribution is -0.111. The average Bonchev–Trinajstić information content (AvgIpc) is 3.61. The number of nitriles is 1. The van der Waals surface area contributed by atoms with Crippen molar-refractivity contribution in [2.75, 3.05) is 37.4 Å². The van der Waals surface area contributed by atoms with E-state index in [1.807, 2.05) is 25.1 Å². The van der Waals surface area contributed by atoms with Gasteiger partial charge in [-0.2, -0.15) is 5.26 Å². The first-order valence-corrected chi connectivity index (χ1v) is 16.8. The van der Waals surface area contributed by atoms with E-state index in [1.54, 1.807) is 36.5 Å². The zero-order chi connectivity index (χ0) is 35.9. The van der Waals surface area contributed by atoms with Crippen molar-refractivity contribution < 1.29 is 14.3 Å². The number of nitrogens with one attached hydrogen (secondary N) is 2. The fourth-order valence-corrected chi connectivity index (χ4v) is 5.22. The van der Waals surface area contributed by atoms with Gasteiger partial charge in [-0.05, 0) is 96.2 Å². The highest BCUT2D eigenvalue weighted by atomic mass is 35.5. The van der Waals surface area contributed by atoms with Crippen LogP contribution in [-0.2, 0) is 11.4 Å². The molecule has 3 aromatic carbocycles. The molecule has 5 aromatic rings. The highest BCUT2D eigenvalue weighted by Gasteiger charge is 2.16. The third kappa shape index (κ3) is 11.1. The summed E-state index contributed by atoms with van der Waals surface area (Å²) >= 11 is 6.47. The Morgan fingerprint density at radius 1 is 1.00 bits per heavy atom. The number of pyridine rings is 2. The molecule has 0 radical (unpaired) electrons. The molecule has 0 atom stereocenters. The third-order valence-corrected chi connectivity index (χ3v) is 7.98. The van der Waals surface area contributed by atoms with Crippen molar-refractivity contribution in [3.05, 3.63) is 125 Å². The summed E-state index contributed by atoms with van der Waals surface area (Å²) in [4.78, 5) is 23.0. The molecule has 0 bridgehead atoms. The molecule has 258 valence electrons. The number of nitrogens with zero attached hydrogens (tertiary/aromatic N) is 4. The number of amides is 1. The fraction of sp³-hybridized carbons (Fsp3) is 0.250. The Labute approximate surface area is 299 Å². The van der Waals surface area contributed by atoms with Gasteiger partial charge in [-0.1, -0.05) is 59.6 Å². The molecule has 0 spiro atoms. The molecule has 1 saturated heterocycles. The number of ether oxygens (including phenoxy) is 2. The molecule has 1 fully saturated rings. The predicted octanol–water partition coefficient (Wildman–Crippen LogP) is 9.02. The van der Waals surface area contributed by atoms with Crippen molar-refractivity contribution in [1.82, 2.24) is 14.9 Å². The molecule has 0 unspecified atom stereocenters. The molecular formula is C40H43ClN6O3. The molecule has 2 N–H and O–H groups in total. The lowest BCUT2D eigenvalue weighted by Crippen LogP contribution is -2.10. The number of aromatic nitrogens is 2. The summed E-state index contributed by atoms with van der Waals surface area (Å²) in [5.41, 5.74) is 5.93. The van der Waals surface area contributed by atoms with Crippen LogP contribution in [0.4, 0.5) is 17.1 Å². The molecule has 10 heteroatoms. The zero-order valence-electron chi connectivity index (χ0n) is 29.0. The van der Waals surface area contributed by atoms with Crippen LogP contribution >= 0.6 is 11.6 Å². The lowest BCUT2D eigenvalue weighted by atomic mass is 10.1. The average molecular weight is 691 g/mol. The van der Waals surface area contributed by atoms with Gasteiger partial charge in [0.25, 0.3) is 0 Å². The minimum atomic E-state index is -0.387. The maximum atomic E-state index is 12.0. The Balaban J connectivity index is 0.000000330. The van der Waals surface area contributed by atoms with Crippen LogP contribution in [0.2, 0.25) is 5.02 Å². The number of hydrogen-bond acceptors (Lipinski definition) is 8. The molecule has 0 aliphatic carbocycles. The van der Waals surface area contributed by atoms with Gasteiger partial charge in [-0.15, -0.1) is 0 Å². The van der Waals surface area contributed by atoms with Gasteiger partial charge in [0, 0.05) is 29.5 Å². The number of carbonyl (C=O) groups is 1. The van der Waals surface area contributed by atoms with Crippen LogP contribution in [0.3, 0.4) is 0 Å². The van der Waals surface area contributed by atoms with E-state index in [0.29, 0.717) is 56.7 Å². The van der Waals surface area contributed by atoms with Gasteiger partial charge >= 0.3 is 0 Å². The van der Waals surface area contributed by atoms with Gasteiger partial charge < -0.3 is 25.0 Å². The van der Waals surface area contributed by atoms with Crippen LogP contribution in [-0.4, -0.2) is 47.5 Å². The number of aryl methyl sites for hydroxylation is 2. The van der Waals surface area contributed by atoms with E-state index in [9.17, 15) is 10.1 Å². The Morgan fingerprint density at radius 2 is 1.72 bits per heavy atom. The van der Waals surface area contributed by atoms with E-state index >= 15 is 0 Å². The topological polar surface area (TPSA) is 112 Å². The molecule has 3 heterocycles. The molecule has 0 saturated carbocycles. The maximum absolute atomic E-state index is 12.0. The molecule has 1 aliphatic heterocycles. The summed E-state index contributed by atoms with van der Waals surface area (Å²) < 4.78 is 11.5. The number of halogens is 1. The normalized spacial score (nSPS) is 12.0. The summed E-state index contributed by atoms with van der Waals surface area (Å²) in [6, 6.07) is 24.9. The molecule has 9 nitrogen and oxygen atoms in total. The Bertz CT molecular complexity index is 1900. The second-order valence-corrected chi connectivity index (χ2v) is 12.1. The van der Waals surface area contributed by atoms with E-state index < -0.39 is 0 Å². The summed E-state index contributed by atoms with van der Waals surface area (Å²) in [5.74, 6) is 0.576. The quantitative estimate of drug-likeness (QED) is 0.147. The van der Waals surface area contributed by atoms with E-state index in [-0.39, 0.29) is 12.5 Å². The summed E-state index contributed by atoms with van der Waals surface area (Å²) in [5, 5.41) is 16.8. The van der Waals surface area contributed by atoms with Gasteiger partial charge in [0.05, 0.1) is 39.8 Å². The van der Waals surface area contributed by atoms with Crippen molar-refractivity contribution >= 4 is 45.5 Å². The first-order chi connectivity index (χ1) is 24.2. The fourth-order valence-electron chi connectivity index (χ4n) is 4.98. The third-order valence-electron chi connectivity index (χ3n) is 7.68. The number of carbonyl (C=O) groups excluding carboxylic acids is 1. The van der Waals surface area contributed by atoms with Crippen molar-refractivity contribution in [3.8, 4) is 17.6 Å². The smallest absolute Gasteiger partial charge is 0.247 e. The van der Waals surface area contributed by atoms with Crippen molar-refractivity contribution in [3.63, 3.8) is 0 Å². The second kappa shape index (κ2) is 18.9. The van der Waals surface area contributed by atoms with E-state index in [1.165, 1.54) is 49.3 Å². The van der Waals surface area contributed by atoms with Crippen LogP contribution in [0.1, 0.15) is 42.1 Å². The van der Waals surface area contributed by atoms with Gasteiger partial charge in [-0.25, -0.2) is 0 Å². The van der Waals surface area contributed by atoms with E-state index in [4.69, 9.17) is 21.1 Å². The van der Waals surface area contributed by atoms with Crippen molar-refractivity contribution in [2.45, 2.75) is 40.2 Å². The lowest BCUT2D eigenvalue weighted by Gasteiger charge is -2.16. The maximum Gasteiger partial charge on any atom is 0.247 e. The predicted molar refractivity (Wildman–Crippen MR) is 202 cm³/mol. The van der Waals surface area contributed by atoms with Crippen molar-refractivity contribution in [2.24, 2.45) is 0 Å². The number of benzene rings is 3. The Morgan fingerprint density at radius 3 is 2.28 bits per heavy atom. The number of anilines is 3. The SMILES string of the molecule is C=CC(=O)Nc1cc2c(Nc3ccc(OCc4ccccn4)c(Cl)c3)c(C#N)cnc2cc1OCC.CN1CCCC1.Cc1ccc(C)cc1. The molecule has 1 amide bonds. The number of likely N-dealkylation sites (tertiary alicyclic amines) is 1.